The van der Waals surface area contributed by atoms with E-state index in [2.05, 4.69) is 12.0 Å². The largest absolute Gasteiger partial charge is 0.268 e. The van der Waals surface area contributed by atoms with Crippen LogP contribution in [-0.4, -0.2) is 9.78 Å². The molecule has 0 aliphatic heterocycles. The van der Waals surface area contributed by atoms with E-state index in [9.17, 15) is 0 Å². The van der Waals surface area contributed by atoms with Crippen molar-refractivity contribution < 1.29 is 0 Å². The van der Waals surface area contributed by atoms with Gasteiger partial charge in [-0.15, -0.1) is 11.6 Å². The molecule has 0 unspecified atom stereocenters. The summed E-state index contributed by atoms with van der Waals surface area (Å²) < 4.78 is 1.97. The van der Waals surface area contributed by atoms with Crippen LogP contribution in [0.1, 0.15) is 25.5 Å². The lowest BCUT2D eigenvalue weighted by Crippen LogP contribution is -2.02. The van der Waals surface area contributed by atoms with Crippen molar-refractivity contribution in [2.75, 3.05) is 0 Å². The molecule has 0 spiro atoms. The van der Waals surface area contributed by atoms with Crippen molar-refractivity contribution in [2.45, 2.75) is 32.2 Å². The molecule has 1 rings (SSSR count). The van der Waals surface area contributed by atoms with Crippen LogP contribution in [0.5, 0.6) is 0 Å². The predicted octanol–water partition coefficient (Wildman–Crippen LogP) is 2.42. The van der Waals surface area contributed by atoms with Gasteiger partial charge in [-0.05, 0) is 12.5 Å². The number of hydrogen-bond donors (Lipinski definition) is 0. The molecule has 1 heterocycles. The molecule has 0 atom stereocenters. The molecule has 0 bridgehead atoms. The zero-order valence-electron chi connectivity index (χ0n) is 6.76. The summed E-state index contributed by atoms with van der Waals surface area (Å²) >= 11 is 5.69. The molecule has 0 fully saturated rings. The Hall–Kier alpha value is -0.500. The highest BCUT2D eigenvalue weighted by Crippen LogP contribution is 2.04. The van der Waals surface area contributed by atoms with Crippen molar-refractivity contribution in [1.82, 2.24) is 9.78 Å². The van der Waals surface area contributed by atoms with Crippen LogP contribution in [-0.2, 0) is 12.4 Å². The molecule has 62 valence electrons. The summed E-state index contributed by atoms with van der Waals surface area (Å²) in [4.78, 5) is 0. The average Bonchev–Trinajstić information content (AvgIpc) is 2.47. The van der Waals surface area contributed by atoms with E-state index >= 15 is 0 Å². The summed E-state index contributed by atoms with van der Waals surface area (Å²) in [5.41, 5.74) is 1.11. The van der Waals surface area contributed by atoms with Crippen LogP contribution in [0.25, 0.3) is 0 Å². The summed E-state index contributed by atoms with van der Waals surface area (Å²) in [6, 6.07) is 1.96. The van der Waals surface area contributed by atoms with Crippen molar-refractivity contribution in [3.63, 3.8) is 0 Å². The predicted molar refractivity (Wildman–Crippen MR) is 46.7 cm³/mol. The van der Waals surface area contributed by atoms with Crippen LogP contribution in [0.2, 0.25) is 0 Å². The number of aryl methyl sites for hydroxylation is 1. The van der Waals surface area contributed by atoms with Crippen LogP contribution in [0.15, 0.2) is 12.3 Å². The van der Waals surface area contributed by atoms with E-state index in [1.54, 1.807) is 6.20 Å². The number of aromatic nitrogens is 2. The fourth-order valence-electron chi connectivity index (χ4n) is 0.983. The van der Waals surface area contributed by atoms with E-state index < -0.39 is 0 Å². The third-order valence-electron chi connectivity index (χ3n) is 1.66. The monoisotopic (exact) mass is 172 g/mol. The standard InChI is InChI=1S/C8H13ClN2/c1-2-3-6-11-8(7-9)4-5-10-11/h4-5H,2-3,6-7H2,1H3. The zero-order valence-corrected chi connectivity index (χ0v) is 7.51. The molecule has 0 aromatic carbocycles. The van der Waals surface area contributed by atoms with Crippen molar-refractivity contribution >= 4 is 11.6 Å². The molecular formula is C8H13ClN2. The van der Waals surface area contributed by atoms with Crippen LogP contribution in [0.4, 0.5) is 0 Å². The van der Waals surface area contributed by atoms with E-state index in [1.807, 2.05) is 10.7 Å². The summed E-state index contributed by atoms with van der Waals surface area (Å²) in [6.07, 6.45) is 4.17. The van der Waals surface area contributed by atoms with Gasteiger partial charge in [-0.1, -0.05) is 13.3 Å². The second kappa shape index (κ2) is 4.39. The maximum Gasteiger partial charge on any atom is 0.0644 e. The van der Waals surface area contributed by atoms with Gasteiger partial charge >= 0.3 is 0 Å². The van der Waals surface area contributed by atoms with Crippen LogP contribution >= 0.6 is 11.6 Å². The highest BCUT2D eigenvalue weighted by atomic mass is 35.5. The molecule has 0 aliphatic carbocycles. The smallest absolute Gasteiger partial charge is 0.0644 e. The van der Waals surface area contributed by atoms with Gasteiger partial charge in [-0.3, -0.25) is 4.68 Å². The average molecular weight is 173 g/mol. The SMILES string of the molecule is CCCCn1nccc1CCl. The minimum Gasteiger partial charge on any atom is -0.268 e. The second-order valence-corrected chi connectivity index (χ2v) is 2.80. The van der Waals surface area contributed by atoms with Crippen molar-refractivity contribution in [3.8, 4) is 0 Å². The van der Waals surface area contributed by atoms with E-state index in [0.29, 0.717) is 5.88 Å². The first kappa shape index (κ1) is 8.60. The Labute approximate surface area is 72.2 Å². The van der Waals surface area contributed by atoms with Gasteiger partial charge in [0.15, 0.2) is 0 Å². The van der Waals surface area contributed by atoms with E-state index in [-0.39, 0.29) is 0 Å². The number of nitrogens with zero attached hydrogens (tertiary/aromatic N) is 2. The quantitative estimate of drug-likeness (QED) is 0.638. The van der Waals surface area contributed by atoms with Gasteiger partial charge < -0.3 is 0 Å². The normalized spacial score (nSPS) is 10.4. The number of unbranched alkanes of at least 4 members (excludes halogenated alkanes) is 1. The van der Waals surface area contributed by atoms with Gasteiger partial charge in [0.2, 0.25) is 0 Å². The minimum absolute atomic E-state index is 0.559. The van der Waals surface area contributed by atoms with Crippen LogP contribution in [0.3, 0.4) is 0 Å². The van der Waals surface area contributed by atoms with Gasteiger partial charge in [0, 0.05) is 12.7 Å². The molecule has 3 heteroatoms. The third-order valence-corrected chi connectivity index (χ3v) is 1.94. The maximum atomic E-state index is 5.69. The highest BCUT2D eigenvalue weighted by molar-refractivity contribution is 6.16. The fraction of sp³-hybridized carbons (Fsp3) is 0.625. The first-order valence-corrected chi connectivity index (χ1v) is 4.48. The Morgan fingerprint density at radius 2 is 2.45 bits per heavy atom. The molecule has 0 aliphatic rings. The van der Waals surface area contributed by atoms with E-state index in [1.165, 1.54) is 12.8 Å². The zero-order chi connectivity index (χ0) is 8.10. The highest BCUT2D eigenvalue weighted by Gasteiger charge is 1.98. The lowest BCUT2D eigenvalue weighted by molar-refractivity contribution is 0.557. The second-order valence-electron chi connectivity index (χ2n) is 2.53. The summed E-state index contributed by atoms with van der Waals surface area (Å²) in [5, 5.41) is 4.16. The Morgan fingerprint density at radius 3 is 3.09 bits per heavy atom. The number of halogens is 1. The molecular weight excluding hydrogens is 160 g/mol. The summed E-state index contributed by atoms with van der Waals surface area (Å²) in [6.45, 7) is 3.16. The molecule has 2 nitrogen and oxygen atoms in total. The molecule has 1 aromatic heterocycles. The topological polar surface area (TPSA) is 17.8 Å². The van der Waals surface area contributed by atoms with E-state index in [0.717, 1.165) is 12.2 Å². The molecule has 0 saturated heterocycles. The molecule has 0 saturated carbocycles. The summed E-state index contributed by atoms with van der Waals surface area (Å²) in [5.74, 6) is 0.559. The van der Waals surface area contributed by atoms with Gasteiger partial charge in [0.05, 0.1) is 11.6 Å². The Morgan fingerprint density at radius 1 is 1.64 bits per heavy atom. The van der Waals surface area contributed by atoms with Gasteiger partial charge in [-0.25, -0.2) is 0 Å². The molecule has 0 N–H and O–H groups in total. The first-order valence-electron chi connectivity index (χ1n) is 3.95. The lowest BCUT2D eigenvalue weighted by atomic mass is 10.3. The van der Waals surface area contributed by atoms with Crippen molar-refractivity contribution in [2.24, 2.45) is 0 Å². The van der Waals surface area contributed by atoms with E-state index in [4.69, 9.17) is 11.6 Å². The molecule has 1 aromatic rings. The van der Waals surface area contributed by atoms with Gasteiger partial charge in [0.1, 0.15) is 0 Å². The van der Waals surface area contributed by atoms with Crippen LogP contribution in [0, 0.1) is 0 Å². The maximum absolute atomic E-state index is 5.69. The van der Waals surface area contributed by atoms with Crippen molar-refractivity contribution in [3.05, 3.63) is 18.0 Å². The Bertz CT molecular complexity index is 208. The Balaban J connectivity index is 2.54. The Kier molecular flexibility index (Phi) is 3.43. The third kappa shape index (κ3) is 2.22. The molecule has 11 heavy (non-hydrogen) atoms. The fourth-order valence-corrected chi connectivity index (χ4v) is 1.21. The number of hydrogen-bond acceptors (Lipinski definition) is 1. The summed E-state index contributed by atoms with van der Waals surface area (Å²) in [7, 11) is 0. The van der Waals surface area contributed by atoms with Gasteiger partial charge in [-0.2, -0.15) is 5.10 Å². The first-order chi connectivity index (χ1) is 5.38. The lowest BCUT2D eigenvalue weighted by Gasteiger charge is -2.02. The van der Waals surface area contributed by atoms with Crippen LogP contribution < -0.4 is 0 Å². The van der Waals surface area contributed by atoms with Gasteiger partial charge in [0.25, 0.3) is 0 Å². The number of rotatable bonds is 4. The number of alkyl halides is 1. The molecule has 0 radical (unpaired) electrons. The molecule has 0 amide bonds. The van der Waals surface area contributed by atoms with Crippen molar-refractivity contribution in [1.29, 1.82) is 0 Å². The minimum atomic E-state index is 0.559.